The van der Waals surface area contributed by atoms with Gasteiger partial charge in [0, 0.05) is 11.6 Å². The Labute approximate surface area is 113 Å². The minimum absolute atomic E-state index is 0.0819. The zero-order chi connectivity index (χ0) is 14.2. The van der Waals surface area contributed by atoms with E-state index in [1.807, 2.05) is 0 Å². The van der Waals surface area contributed by atoms with Gasteiger partial charge in [-0.1, -0.05) is 17.7 Å². The van der Waals surface area contributed by atoms with Crippen molar-refractivity contribution >= 4 is 11.6 Å². The number of halogens is 4. The molecule has 2 aromatic carbocycles. The first-order valence-corrected chi connectivity index (χ1v) is 5.86. The minimum atomic E-state index is -1.34. The summed E-state index contributed by atoms with van der Waals surface area (Å²) >= 11 is 5.60. The fourth-order valence-electron chi connectivity index (χ4n) is 1.75. The van der Waals surface area contributed by atoms with Gasteiger partial charge in [-0.15, -0.1) is 0 Å². The molecule has 0 saturated carbocycles. The zero-order valence-electron chi connectivity index (χ0n) is 9.92. The van der Waals surface area contributed by atoms with Crippen LogP contribution in [0.1, 0.15) is 22.8 Å². The summed E-state index contributed by atoms with van der Waals surface area (Å²) in [4.78, 5) is 0. The Morgan fingerprint density at radius 3 is 2.32 bits per heavy atom. The van der Waals surface area contributed by atoms with Crippen molar-refractivity contribution in [1.82, 2.24) is 0 Å². The van der Waals surface area contributed by atoms with E-state index in [1.165, 1.54) is 25.1 Å². The third-order valence-corrected chi connectivity index (χ3v) is 3.12. The van der Waals surface area contributed by atoms with E-state index < -0.39 is 23.6 Å². The van der Waals surface area contributed by atoms with Gasteiger partial charge in [0.25, 0.3) is 0 Å². The van der Waals surface area contributed by atoms with Gasteiger partial charge in [0.15, 0.2) is 0 Å². The van der Waals surface area contributed by atoms with Crippen LogP contribution in [-0.4, -0.2) is 5.11 Å². The van der Waals surface area contributed by atoms with E-state index in [2.05, 4.69) is 0 Å². The third-order valence-electron chi connectivity index (χ3n) is 2.83. The lowest BCUT2D eigenvalue weighted by Crippen LogP contribution is -2.04. The van der Waals surface area contributed by atoms with Gasteiger partial charge in [-0.2, -0.15) is 0 Å². The fourth-order valence-corrected chi connectivity index (χ4v) is 1.94. The highest BCUT2D eigenvalue weighted by molar-refractivity contribution is 6.30. The van der Waals surface area contributed by atoms with E-state index in [0.717, 1.165) is 6.07 Å². The monoisotopic (exact) mass is 286 g/mol. The Morgan fingerprint density at radius 2 is 1.68 bits per heavy atom. The standard InChI is InChI=1S/C14H10ClF3O/c1-7-4-9(13(18)6-12(7)17)14(19)8-2-3-11(16)10(15)5-8/h2-6,14,19H,1H3. The number of hydrogen-bond donors (Lipinski definition) is 1. The molecule has 0 saturated heterocycles. The molecule has 19 heavy (non-hydrogen) atoms. The summed E-state index contributed by atoms with van der Waals surface area (Å²) in [5.74, 6) is -2.19. The first-order chi connectivity index (χ1) is 8.90. The minimum Gasteiger partial charge on any atom is -0.384 e. The number of hydrogen-bond acceptors (Lipinski definition) is 1. The summed E-state index contributed by atoms with van der Waals surface area (Å²) < 4.78 is 39.8. The van der Waals surface area contributed by atoms with Crippen molar-refractivity contribution in [2.75, 3.05) is 0 Å². The van der Waals surface area contributed by atoms with Crippen LogP contribution in [0.5, 0.6) is 0 Å². The molecule has 0 aliphatic carbocycles. The maximum absolute atomic E-state index is 13.6. The molecule has 2 aromatic rings. The van der Waals surface area contributed by atoms with Crippen LogP contribution in [0.4, 0.5) is 13.2 Å². The predicted octanol–water partition coefficient (Wildman–Crippen LogP) is 4.15. The van der Waals surface area contributed by atoms with E-state index in [9.17, 15) is 18.3 Å². The average molecular weight is 287 g/mol. The number of benzene rings is 2. The van der Waals surface area contributed by atoms with E-state index in [-0.39, 0.29) is 21.7 Å². The van der Waals surface area contributed by atoms with E-state index in [0.29, 0.717) is 6.07 Å². The molecule has 0 aliphatic heterocycles. The highest BCUT2D eigenvalue weighted by Gasteiger charge is 2.18. The lowest BCUT2D eigenvalue weighted by Gasteiger charge is -2.14. The molecule has 5 heteroatoms. The molecule has 0 fully saturated rings. The summed E-state index contributed by atoms with van der Waals surface area (Å²) in [5, 5.41) is 9.89. The van der Waals surface area contributed by atoms with Crippen LogP contribution in [0.25, 0.3) is 0 Å². The van der Waals surface area contributed by atoms with Crippen LogP contribution in [-0.2, 0) is 0 Å². The number of aliphatic hydroxyl groups is 1. The smallest absolute Gasteiger partial charge is 0.141 e. The van der Waals surface area contributed by atoms with Crippen LogP contribution in [0.15, 0.2) is 30.3 Å². The number of aryl methyl sites for hydroxylation is 1. The second kappa shape index (κ2) is 5.23. The molecular weight excluding hydrogens is 277 g/mol. The molecule has 1 atom stereocenters. The van der Waals surface area contributed by atoms with Gasteiger partial charge in [-0.3, -0.25) is 0 Å². The molecular formula is C14H10ClF3O. The predicted molar refractivity (Wildman–Crippen MR) is 66.6 cm³/mol. The second-order valence-corrected chi connectivity index (χ2v) is 4.61. The van der Waals surface area contributed by atoms with E-state index >= 15 is 0 Å². The normalized spacial score (nSPS) is 12.5. The van der Waals surface area contributed by atoms with Crippen molar-refractivity contribution in [3.8, 4) is 0 Å². The molecule has 0 spiro atoms. The van der Waals surface area contributed by atoms with Crippen molar-refractivity contribution in [2.24, 2.45) is 0 Å². The van der Waals surface area contributed by atoms with Crippen LogP contribution in [0.3, 0.4) is 0 Å². The van der Waals surface area contributed by atoms with Crippen LogP contribution < -0.4 is 0 Å². The summed E-state index contributed by atoms with van der Waals surface area (Å²) in [6.45, 7) is 1.46. The molecule has 0 radical (unpaired) electrons. The second-order valence-electron chi connectivity index (χ2n) is 4.20. The van der Waals surface area contributed by atoms with Gasteiger partial charge in [0.1, 0.15) is 23.6 Å². The van der Waals surface area contributed by atoms with E-state index in [4.69, 9.17) is 11.6 Å². The Hall–Kier alpha value is -1.52. The largest absolute Gasteiger partial charge is 0.384 e. The van der Waals surface area contributed by atoms with Crippen LogP contribution in [0.2, 0.25) is 5.02 Å². The lowest BCUT2D eigenvalue weighted by atomic mass is 9.99. The van der Waals surface area contributed by atoms with Gasteiger partial charge >= 0.3 is 0 Å². The van der Waals surface area contributed by atoms with Crippen LogP contribution >= 0.6 is 11.6 Å². The molecule has 1 nitrogen and oxygen atoms in total. The molecule has 0 bridgehead atoms. The highest BCUT2D eigenvalue weighted by atomic mass is 35.5. The highest BCUT2D eigenvalue weighted by Crippen LogP contribution is 2.28. The Balaban J connectivity index is 2.46. The van der Waals surface area contributed by atoms with Crippen molar-refractivity contribution in [2.45, 2.75) is 13.0 Å². The zero-order valence-corrected chi connectivity index (χ0v) is 10.7. The maximum Gasteiger partial charge on any atom is 0.141 e. The fraction of sp³-hybridized carbons (Fsp3) is 0.143. The first-order valence-electron chi connectivity index (χ1n) is 5.48. The Bertz CT molecular complexity index is 628. The summed E-state index contributed by atoms with van der Waals surface area (Å²) in [7, 11) is 0. The Kier molecular flexibility index (Phi) is 3.83. The molecule has 1 N–H and O–H groups in total. The molecule has 100 valence electrons. The van der Waals surface area contributed by atoms with Crippen molar-refractivity contribution in [3.63, 3.8) is 0 Å². The maximum atomic E-state index is 13.6. The molecule has 0 heterocycles. The molecule has 1 unspecified atom stereocenters. The third kappa shape index (κ3) is 2.74. The SMILES string of the molecule is Cc1cc(C(O)c2ccc(F)c(Cl)c2)c(F)cc1F. The number of aliphatic hydroxyl groups excluding tert-OH is 1. The topological polar surface area (TPSA) is 20.2 Å². The molecule has 0 aromatic heterocycles. The van der Waals surface area contributed by atoms with Crippen molar-refractivity contribution in [1.29, 1.82) is 0 Å². The Morgan fingerprint density at radius 1 is 1.00 bits per heavy atom. The summed E-state index contributed by atoms with van der Waals surface area (Å²) in [5.41, 5.74) is 0.363. The summed E-state index contributed by atoms with van der Waals surface area (Å²) in [6, 6.07) is 5.50. The average Bonchev–Trinajstić information content (AvgIpc) is 2.36. The molecule has 0 amide bonds. The van der Waals surface area contributed by atoms with Crippen molar-refractivity contribution < 1.29 is 18.3 Å². The van der Waals surface area contributed by atoms with Gasteiger partial charge in [0.05, 0.1) is 5.02 Å². The lowest BCUT2D eigenvalue weighted by molar-refractivity contribution is 0.214. The van der Waals surface area contributed by atoms with Crippen LogP contribution in [0, 0.1) is 24.4 Å². The summed E-state index contributed by atoms with van der Waals surface area (Å²) in [6.07, 6.45) is -1.34. The van der Waals surface area contributed by atoms with Gasteiger partial charge < -0.3 is 5.11 Å². The van der Waals surface area contributed by atoms with E-state index in [1.54, 1.807) is 0 Å². The molecule has 0 aliphatic rings. The first kappa shape index (κ1) is 13.9. The van der Waals surface area contributed by atoms with Crippen molar-refractivity contribution in [3.05, 3.63) is 69.5 Å². The van der Waals surface area contributed by atoms with Gasteiger partial charge in [-0.25, -0.2) is 13.2 Å². The quantitative estimate of drug-likeness (QED) is 0.879. The van der Waals surface area contributed by atoms with Gasteiger partial charge in [0.2, 0.25) is 0 Å². The number of rotatable bonds is 2. The van der Waals surface area contributed by atoms with Gasteiger partial charge in [-0.05, 0) is 36.2 Å². The molecule has 2 rings (SSSR count).